The van der Waals surface area contributed by atoms with Crippen LogP contribution in [0.25, 0.3) is 0 Å². The molecule has 1 heterocycles. The maximum absolute atomic E-state index is 9.95. The lowest BCUT2D eigenvalue weighted by Gasteiger charge is -2.08. The van der Waals surface area contributed by atoms with Crippen molar-refractivity contribution < 1.29 is 5.11 Å². The van der Waals surface area contributed by atoms with Crippen LogP contribution >= 0.6 is 11.3 Å². The van der Waals surface area contributed by atoms with E-state index in [-0.39, 0.29) is 0 Å². The molecule has 0 amide bonds. The van der Waals surface area contributed by atoms with Crippen LogP contribution in [-0.2, 0) is 6.42 Å². The van der Waals surface area contributed by atoms with E-state index >= 15 is 0 Å². The Morgan fingerprint density at radius 3 is 2.67 bits per heavy atom. The molecule has 78 valence electrons. The van der Waals surface area contributed by atoms with Crippen LogP contribution in [0.4, 0.5) is 0 Å². The molecule has 0 fully saturated rings. The van der Waals surface area contributed by atoms with E-state index in [1.54, 1.807) is 11.3 Å². The molecule has 1 aromatic carbocycles. The van der Waals surface area contributed by atoms with Crippen molar-refractivity contribution in [2.45, 2.75) is 19.4 Å². The van der Waals surface area contributed by atoms with Gasteiger partial charge < -0.3 is 5.11 Å². The molecule has 0 spiro atoms. The highest BCUT2D eigenvalue weighted by atomic mass is 32.1. The van der Waals surface area contributed by atoms with E-state index in [2.05, 4.69) is 4.98 Å². The van der Waals surface area contributed by atoms with Crippen LogP contribution < -0.4 is 0 Å². The molecule has 1 atom stereocenters. The number of aromatic nitrogens is 1. The average Bonchev–Trinajstić information content (AvgIpc) is 2.65. The molecular formula is C12H13NOS. The highest BCUT2D eigenvalue weighted by molar-refractivity contribution is 7.09. The van der Waals surface area contributed by atoms with Gasteiger partial charge in [0.1, 0.15) is 0 Å². The van der Waals surface area contributed by atoms with Crippen LogP contribution in [0, 0.1) is 6.92 Å². The van der Waals surface area contributed by atoms with E-state index in [9.17, 15) is 5.11 Å². The number of hydrogen-bond donors (Lipinski definition) is 1. The van der Waals surface area contributed by atoms with Crippen LogP contribution in [0.5, 0.6) is 0 Å². The number of nitrogens with zero attached hydrogens (tertiary/aromatic N) is 1. The molecule has 2 aromatic rings. The molecule has 2 rings (SSSR count). The summed E-state index contributed by atoms with van der Waals surface area (Å²) < 4.78 is 0. The standard InChI is InChI=1S/C12H13NOS/c1-9-13-11(8-15-9)7-12(14)10-5-3-2-4-6-10/h2-6,8,12,14H,7H2,1H3. The Morgan fingerprint density at radius 1 is 1.33 bits per heavy atom. The number of aryl methyl sites for hydroxylation is 1. The van der Waals surface area contributed by atoms with E-state index in [1.165, 1.54) is 0 Å². The lowest BCUT2D eigenvalue weighted by molar-refractivity contribution is 0.177. The predicted molar refractivity (Wildman–Crippen MR) is 62.0 cm³/mol. The Morgan fingerprint density at radius 2 is 2.07 bits per heavy atom. The van der Waals surface area contributed by atoms with Gasteiger partial charge in [-0.05, 0) is 12.5 Å². The van der Waals surface area contributed by atoms with Gasteiger partial charge in [0.2, 0.25) is 0 Å². The number of hydrogen-bond acceptors (Lipinski definition) is 3. The summed E-state index contributed by atoms with van der Waals surface area (Å²) >= 11 is 1.62. The Bertz CT molecular complexity index is 424. The summed E-state index contributed by atoms with van der Waals surface area (Å²) in [7, 11) is 0. The zero-order valence-electron chi connectivity index (χ0n) is 8.55. The van der Waals surface area contributed by atoms with Crippen LogP contribution in [0.2, 0.25) is 0 Å². The summed E-state index contributed by atoms with van der Waals surface area (Å²) in [6.45, 7) is 1.98. The molecule has 0 radical (unpaired) electrons. The zero-order chi connectivity index (χ0) is 10.7. The van der Waals surface area contributed by atoms with Crippen molar-refractivity contribution >= 4 is 11.3 Å². The molecule has 1 aromatic heterocycles. The fraction of sp³-hybridized carbons (Fsp3) is 0.250. The zero-order valence-corrected chi connectivity index (χ0v) is 9.37. The lowest BCUT2D eigenvalue weighted by Crippen LogP contribution is -2.01. The fourth-order valence-corrected chi connectivity index (χ4v) is 2.12. The van der Waals surface area contributed by atoms with Gasteiger partial charge in [0, 0.05) is 11.8 Å². The summed E-state index contributed by atoms with van der Waals surface area (Å²) in [5.41, 5.74) is 1.91. The van der Waals surface area contributed by atoms with Crippen molar-refractivity contribution in [3.8, 4) is 0 Å². The highest BCUT2D eigenvalue weighted by Crippen LogP contribution is 2.18. The van der Waals surface area contributed by atoms with Gasteiger partial charge in [0.25, 0.3) is 0 Å². The Labute approximate surface area is 93.2 Å². The third-order valence-corrected chi connectivity index (χ3v) is 3.08. The molecule has 15 heavy (non-hydrogen) atoms. The number of benzene rings is 1. The molecule has 0 aliphatic carbocycles. The second-order valence-electron chi connectivity index (χ2n) is 3.49. The van der Waals surface area contributed by atoms with Crippen LogP contribution in [-0.4, -0.2) is 10.1 Å². The predicted octanol–water partition coefficient (Wildman–Crippen LogP) is 2.73. The molecule has 0 saturated heterocycles. The molecule has 1 N–H and O–H groups in total. The van der Waals surface area contributed by atoms with Crippen molar-refractivity contribution in [3.05, 3.63) is 52.0 Å². The number of rotatable bonds is 3. The Hall–Kier alpha value is -1.19. The number of aliphatic hydroxyl groups is 1. The largest absolute Gasteiger partial charge is 0.388 e. The maximum atomic E-state index is 9.95. The maximum Gasteiger partial charge on any atom is 0.0897 e. The minimum atomic E-state index is -0.451. The van der Waals surface area contributed by atoms with Crippen molar-refractivity contribution in [1.29, 1.82) is 0 Å². The SMILES string of the molecule is Cc1nc(CC(O)c2ccccc2)cs1. The molecular weight excluding hydrogens is 206 g/mol. The van der Waals surface area contributed by atoms with Gasteiger partial charge in [-0.15, -0.1) is 11.3 Å². The lowest BCUT2D eigenvalue weighted by atomic mass is 10.1. The average molecular weight is 219 g/mol. The van der Waals surface area contributed by atoms with Crippen molar-refractivity contribution in [1.82, 2.24) is 4.98 Å². The molecule has 0 bridgehead atoms. The van der Waals surface area contributed by atoms with E-state index < -0.39 is 6.10 Å². The molecule has 3 heteroatoms. The Balaban J connectivity index is 2.07. The van der Waals surface area contributed by atoms with Gasteiger partial charge >= 0.3 is 0 Å². The van der Waals surface area contributed by atoms with Gasteiger partial charge in [-0.25, -0.2) is 4.98 Å². The van der Waals surface area contributed by atoms with Gasteiger partial charge in [0.05, 0.1) is 16.8 Å². The van der Waals surface area contributed by atoms with E-state index in [0.717, 1.165) is 16.3 Å². The number of aliphatic hydroxyl groups excluding tert-OH is 1. The Kier molecular flexibility index (Phi) is 3.14. The first-order valence-electron chi connectivity index (χ1n) is 4.90. The summed E-state index contributed by atoms with van der Waals surface area (Å²) in [4.78, 5) is 4.33. The van der Waals surface area contributed by atoms with Crippen LogP contribution in [0.15, 0.2) is 35.7 Å². The fourth-order valence-electron chi connectivity index (χ4n) is 1.49. The summed E-state index contributed by atoms with van der Waals surface area (Å²) in [6, 6.07) is 9.69. The van der Waals surface area contributed by atoms with Crippen LogP contribution in [0.1, 0.15) is 22.4 Å². The summed E-state index contributed by atoms with van der Waals surface area (Å²) in [5.74, 6) is 0. The normalized spacial score (nSPS) is 12.7. The van der Waals surface area contributed by atoms with E-state index in [0.29, 0.717) is 6.42 Å². The smallest absolute Gasteiger partial charge is 0.0897 e. The molecule has 2 nitrogen and oxygen atoms in total. The topological polar surface area (TPSA) is 33.1 Å². The first kappa shape index (κ1) is 10.3. The van der Waals surface area contributed by atoms with Gasteiger partial charge in [-0.3, -0.25) is 0 Å². The third-order valence-electron chi connectivity index (χ3n) is 2.25. The van der Waals surface area contributed by atoms with Gasteiger partial charge in [-0.2, -0.15) is 0 Å². The molecule has 0 aliphatic heterocycles. The first-order chi connectivity index (χ1) is 7.25. The van der Waals surface area contributed by atoms with Crippen molar-refractivity contribution in [2.24, 2.45) is 0 Å². The molecule has 0 saturated carbocycles. The first-order valence-corrected chi connectivity index (χ1v) is 5.77. The van der Waals surface area contributed by atoms with Crippen LogP contribution in [0.3, 0.4) is 0 Å². The van der Waals surface area contributed by atoms with Crippen molar-refractivity contribution in [2.75, 3.05) is 0 Å². The minimum absolute atomic E-state index is 0.451. The van der Waals surface area contributed by atoms with E-state index in [4.69, 9.17) is 0 Å². The minimum Gasteiger partial charge on any atom is -0.388 e. The number of thiazole rings is 1. The second kappa shape index (κ2) is 4.55. The second-order valence-corrected chi connectivity index (χ2v) is 4.55. The summed E-state index contributed by atoms with van der Waals surface area (Å²) in [6.07, 6.45) is 0.140. The molecule has 0 aliphatic rings. The monoisotopic (exact) mass is 219 g/mol. The third kappa shape index (κ3) is 2.64. The quantitative estimate of drug-likeness (QED) is 0.861. The summed E-state index contributed by atoms with van der Waals surface area (Å²) in [5, 5.41) is 13.0. The van der Waals surface area contributed by atoms with Gasteiger partial charge in [0.15, 0.2) is 0 Å². The molecule has 1 unspecified atom stereocenters. The van der Waals surface area contributed by atoms with Crippen molar-refractivity contribution in [3.63, 3.8) is 0 Å². The van der Waals surface area contributed by atoms with E-state index in [1.807, 2.05) is 42.6 Å². The highest BCUT2D eigenvalue weighted by Gasteiger charge is 2.09. The van der Waals surface area contributed by atoms with Gasteiger partial charge in [-0.1, -0.05) is 30.3 Å².